The molecule has 20 heavy (non-hydrogen) atoms. The number of benzene rings is 1. The summed E-state index contributed by atoms with van der Waals surface area (Å²) >= 11 is 9.99. The van der Waals surface area contributed by atoms with E-state index in [1.165, 1.54) is 0 Å². The molecule has 0 saturated heterocycles. The van der Waals surface area contributed by atoms with E-state index >= 15 is 0 Å². The maximum atomic E-state index is 11.9. The Morgan fingerprint density at radius 3 is 2.25 bits per heavy atom. The zero-order valence-electron chi connectivity index (χ0n) is 10.5. The van der Waals surface area contributed by atoms with Gasteiger partial charge >= 0.3 is 12.0 Å². The monoisotopic (exact) mass is 470 g/mol. The number of carboxylic acids is 1. The van der Waals surface area contributed by atoms with Crippen LogP contribution in [0.5, 0.6) is 0 Å². The number of carbonyl (C=O) groups is 2. The van der Waals surface area contributed by atoms with Crippen LogP contribution in [-0.2, 0) is 4.79 Å². The molecular formula is C12H13Br3N2O3. The van der Waals surface area contributed by atoms with Crippen molar-refractivity contribution in [2.24, 2.45) is 0 Å². The molecule has 0 unspecified atom stereocenters. The number of halogens is 3. The van der Waals surface area contributed by atoms with Crippen molar-refractivity contribution >= 4 is 65.5 Å². The average molecular weight is 473 g/mol. The number of rotatable bonds is 5. The molecule has 1 atom stereocenters. The maximum absolute atomic E-state index is 11.9. The van der Waals surface area contributed by atoms with Crippen LogP contribution < -0.4 is 10.6 Å². The Morgan fingerprint density at radius 2 is 1.80 bits per heavy atom. The number of amides is 2. The summed E-state index contributed by atoms with van der Waals surface area (Å²) in [5.41, 5.74) is 0.534. The maximum Gasteiger partial charge on any atom is 0.326 e. The van der Waals surface area contributed by atoms with Crippen molar-refractivity contribution in [3.8, 4) is 0 Å². The van der Waals surface area contributed by atoms with Crippen molar-refractivity contribution in [2.75, 3.05) is 5.32 Å². The number of anilines is 1. The first-order valence-corrected chi connectivity index (χ1v) is 8.18. The Kier molecular flexibility index (Phi) is 6.97. The normalized spacial score (nSPS) is 11.8. The molecule has 0 aliphatic heterocycles. The molecule has 1 rings (SSSR count). The van der Waals surface area contributed by atoms with Crippen LogP contribution in [-0.4, -0.2) is 23.1 Å². The fourth-order valence-electron chi connectivity index (χ4n) is 1.52. The Balaban J connectivity index is 2.78. The van der Waals surface area contributed by atoms with Gasteiger partial charge in [-0.2, -0.15) is 0 Å². The second kappa shape index (κ2) is 7.99. The third kappa shape index (κ3) is 5.06. The van der Waals surface area contributed by atoms with Crippen LogP contribution in [0.25, 0.3) is 0 Å². The highest BCUT2D eigenvalue weighted by atomic mass is 79.9. The number of urea groups is 1. The zero-order chi connectivity index (χ0) is 15.3. The minimum atomic E-state index is -1.05. The van der Waals surface area contributed by atoms with Crippen molar-refractivity contribution in [3.63, 3.8) is 0 Å². The van der Waals surface area contributed by atoms with E-state index in [-0.39, 0.29) is 0 Å². The van der Waals surface area contributed by atoms with Gasteiger partial charge in [-0.25, -0.2) is 9.59 Å². The number of aliphatic carboxylic acids is 1. The van der Waals surface area contributed by atoms with Crippen LogP contribution >= 0.6 is 47.8 Å². The molecule has 0 saturated carbocycles. The van der Waals surface area contributed by atoms with Crippen molar-refractivity contribution < 1.29 is 14.7 Å². The van der Waals surface area contributed by atoms with Gasteiger partial charge in [0.25, 0.3) is 0 Å². The number of hydrogen-bond acceptors (Lipinski definition) is 2. The zero-order valence-corrected chi connectivity index (χ0v) is 15.3. The highest BCUT2D eigenvalue weighted by molar-refractivity contribution is 9.11. The summed E-state index contributed by atoms with van der Waals surface area (Å²) in [6.07, 6.45) is 1.05. The van der Waals surface area contributed by atoms with E-state index in [1.807, 2.05) is 6.92 Å². The second-order valence-corrected chi connectivity index (χ2v) is 6.65. The van der Waals surface area contributed by atoms with E-state index in [0.29, 0.717) is 27.5 Å². The highest BCUT2D eigenvalue weighted by Crippen LogP contribution is 2.34. The topological polar surface area (TPSA) is 78.4 Å². The van der Waals surface area contributed by atoms with Gasteiger partial charge in [-0.15, -0.1) is 0 Å². The van der Waals surface area contributed by atoms with Crippen molar-refractivity contribution in [2.45, 2.75) is 25.8 Å². The summed E-state index contributed by atoms with van der Waals surface area (Å²) in [4.78, 5) is 22.8. The van der Waals surface area contributed by atoms with Gasteiger partial charge in [0.1, 0.15) is 6.04 Å². The Morgan fingerprint density at radius 1 is 1.25 bits per heavy atom. The molecular weight excluding hydrogens is 460 g/mol. The smallest absolute Gasteiger partial charge is 0.326 e. The molecule has 0 radical (unpaired) electrons. The first-order chi connectivity index (χ1) is 9.35. The van der Waals surface area contributed by atoms with Crippen molar-refractivity contribution in [3.05, 3.63) is 25.6 Å². The predicted octanol–water partition coefficient (Wildman–Crippen LogP) is 4.35. The average Bonchev–Trinajstić information content (AvgIpc) is 2.33. The molecule has 1 aromatic rings. The fraction of sp³-hybridized carbons (Fsp3) is 0.333. The number of carboxylic acid groups (broad SMARTS) is 1. The van der Waals surface area contributed by atoms with E-state index in [0.717, 1.165) is 4.47 Å². The van der Waals surface area contributed by atoms with Gasteiger partial charge < -0.3 is 15.7 Å². The third-order valence-corrected chi connectivity index (χ3v) is 4.13. The lowest BCUT2D eigenvalue weighted by atomic mass is 10.2. The first kappa shape index (κ1) is 17.5. The molecule has 0 fully saturated rings. The Bertz CT molecular complexity index is 500. The molecule has 0 aliphatic rings. The van der Waals surface area contributed by atoms with E-state index in [4.69, 9.17) is 5.11 Å². The van der Waals surface area contributed by atoms with Crippen LogP contribution in [0.3, 0.4) is 0 Å². The van der Waals surface area contributed by atoms with Crippen molar-refractivity contribution in [1.29, 1.82) is 0 Å². The first-order valence-electron chi connectivity index (χ1n) is 5.80. The molecule has 0 bridgehead atoms. The largest absolute Gasteiger partial charge is 0.480 e. The Labute approximate surface area is 141 Å². The summed E-state index contributed by atoms with van der Waals surface area (Å²) < 4.78 is 2.20. The van der Waals surface area contributed by atoms with Crippen LogP contribution in [0.4, 0.5) is 10.5 Å². The summed E-state index contributed by atoms with van der Waals surface area (Å²) in [6, 6.07) is 2.10. The molecule has 0 aliphatic carbocycles. The van der Waals surface area contributed by atoms with Gasteiger partial charge in [-0.3, -0.25) is 0 Å². The number of hydrogen-bond donors (Lipinski definition) is 3. The summed E-state index contributed by atoms with van der Waals surface area (Å²) in [5.74, 6) is -1.05. The second-order valence-electron chi connectivity index (χ2n) is 4.02. The van der Waals surface area contributed by atoms with E-state index in [1.54, 1.807) is 12.1 Å². The molecule has 110 valence electrons. The van der Waals surface area contributed by atoms with Crippen LogP contribution in [0.2, 0.25) is 0 Å². The molecule has 1 aromatic carbocycles. The van der Waals surface area contributed by atoms with Gasteiger partial charge in [0.05, 0.1) is 5.69 Å². The summed E-state index contributed by atoms with van der Waals surface area (Å²) in [5, 5.41) is 14.1. The predicted molar refractivity (Wildman–Crippen MR) is 88.0 cm³/mol. The molecule has 5 nitrogen and oxygen atoms in total. The number of nitrogens with one attached hydrogen (secondary N) is 2. The lowest BCUT2D eigenvalue weighted by molar-refractivity contribution is -0.139. The molecule has 3 N–H and O–H groups in total. The van der Waals surface area contributed by atoms with Gasteiger partial charge in [0.15, 0.2) is 0 Å². The fourth-order valence-corrected chi connectivity index (χ4v) is 3.97. The summed E-state index contributed by atoms with van der Waals surface area (Å²) in [6.45, 7) is 1.86. The summed E-state index contributed by atoms with van der Waals surface area (Å²) in [7, 11) is 0. The quantitative estimate of drug-likeness (QED) is 0.596. The van der Waals surface area contributed by atoms with Crippen molar-refractivity contribution in [1.82, 2.24) is 5.32 Å². The van der Waals surface area contributed by atoms with Crippen LogP contribution in [0, 0.1) is 0 Å². The Hall–Kier alpha value is -0.600. The lowest BCUT2D eigenvalue weighted by Crippen LogP contribution is -2.43. The van der Waals surface area contributed by atoms with Gasteiger partial charge in [-0.05, 0) is 50.4 Å². The van der Waals surface area contributed by atoms with Crippen LogP contribution in [0.1, 0.15) is 19.8 Å². The SMILES string of the molecule is CCC[C@H](NC(=O)Nc1c(Br)cc(Br)cc1Br)C(=O)O. The van der Waals surface area contributed by atoms with Gasteiger partial charge in [0, 0.05) is 13.4 Å². The molecule has 0 spiro atoms. The van der Waals surface area contributed by atoms with Crippen LogP contribution in [0.15, 0.2) is 25.6 Å². The lowest BCUT2D eigenvalue weighted by Gasteiger charge is -2.16. The van der Waals surface area contributed by atoms with E-state index < -0.39 is 18.0 Å². The molecule has 2 amide bonds. The van der Waals surface area contributed by atoms with E-state index in [9.17, 15) is 9.59 Å². The highest BCUT2D eigenvalue weighted by Gasteiger charge is 2.19. The van der Waals surface area contributed by atoms with Gasteiger partial charge in [0.2, 0.25) is 0 Å². The molecule has 0 heterocycles. The molecule has 8 heteroatoms. The van der Waals surface area contributed by atoms with Gasteiger partial charge in [-0.1, -0.05) is 29.3 Å². The molecule has 0 aromatic heterocycles. The standard InChI is InChI=1S/C12H13Br3N2O3/c1-2-3-9(11(18)19)16-12(20)17-10-7(14)4-6(13)5-8(10)15/h4-5,9H,2-3H2,1H3,(H,18,19)(H2,16,17,20)/t9-/m0/s1. The minimum Gasteiger partial charge on any atom is -0.480 e. The minimum absolute atomic E-state index is 0.380. The third-order valence-electron chi connectivity index (χ3n) is 2.43. The number of carbonyl (C=O) groups excluding carboxylic acids is 1. The van der Waals surface area contributed by atoms with E-state index in [2.05, 4.69) is 58.4 Å².